The lowest BCUT2D eigenvalue weighted by Gasteiger charge is -2.29. The van der Waals surface area contributed by atoms with E-state index in [2.05, 4.69) is 5.10 Å². The van der Waals surface area contributed by atoms with Gasteiger partial charge in [-0.1, -0.05) is 0 Å². The van der Waals surface area contributed by atoms with Crippen molar-refractivity contribution in [3.8, 4) is 0 Å². The van der Waals surface area contributed by atoms with Gasteiger partial charge in [0.25, 0.3) is 5.91 Å². The fourth-order valence-electron chi connectivity index (χ4n) is 2.04. The van der Waals surface area contributed by atoms with Gasteiger partial charge in [-0.05, 0) is 25.8 Å². The summed E-state index contributed by atoms with van der Waals surface area (Å²) in [4.78, 5) is 13.9. The first-order chi connectivity index (χ1) is 7.58. The number of carbonyl (C=O) groups excluding carboxylic acids is 1. The Balaban J connectivity index is 2.10. The largest absolute Gasteiger partial charge is 0.393 e. The molecule has 0 aromatic carbocycles. The van der Waals surface area contributed by atoms with E-state index >= 15 is 0 Å². The Labute approximate surface area is 94.7 Å². The van der Waals surface area contributed by atoms with Gasteiger partial charge in [-0.25, -0.2) is 0 Å². The highest BCUT2D eigenvalue weighted by atomic mass is 16.3. The van der Waals surface area contributed by atoms with Crippen LogP contribution in [0.2, 0.25) is 0 Å². The van der Waals surface area contributed by atoms with Crippen LogP contribution in [0.15, 0.2) is 6.07 Å². The van der Waals surface area contributed by atoms with E-state index in [1.807, 2.05) is 6.92 Å². The van der Waals surface area contributed by atoms with Gasteiger partial charge in [0.2, 0.25) is 0 Å². The van der Waals surface area contributed by atoms with E-state index in [1.165, 1.54) is 0 Å². The predicted molar refractivity (Wildman–Crippen MR) is 59.1 cm³/mol. The number of carbonyl (C=O) groups is 1. The zero-order chi connectivity index (χ0) is 11.7. The molecule has 5 nitrogen and oxygen atoms in total. The van der Waals surface area contributed by atoms with Gasteiger partial charge >= 0.3 is 0 Å². The number of aromatic nitrogens is 2. The molecular weight excluding hydrogens is 206 g/mol. The summed E-state index contributed by atoms with van der Waals surface area (Å²) < 4.78 is 1.61. The van der Waals surface area contributed by atoms with Crippen molar-refractivity contribution in [2.45, 2.75) is 25.9 Å². The number of rotatable bonds is 1. The van der Waals surface area contributed by atoms with Gasteiger partial charge in [-0.15, -0.1) is 0 Å². The van der Waals surface area contributed by atoms with E-state index in [-0.39, 0.29) is 12.0 Å². The Morgan fingerprint density at radius 3 is 2.62 bits per heavy atom. The quantitative estimate of drug-likeness (QED) is 0.746. The predicted octanol–water partition coefficient (Wildman–Crippen LogP) is 0.325. The van der Waals surface area contributed by atoms with Crippen LogP contribution in [0.4, 0.5) is 0 Å². The molecule has 1 amide bonds. The number of nitrogens with zero attached hydrogens (tertiary/aromatic N) is 3. The third-order valence-corrected chi connectivity index (χ3v) is 2.97. The molecular formula is C11H17N3O2. The van der Waals surface area contributed by atoms with Crippen molar-refractivity contribution >= 4 is 5.91 Å². The van der Waals surface area contributed by atoms with E-state index in [9.17, 15) is 9.90 Å². The Morgan fingerprint density at radius 1 is 1.50 bits per heavy atom. The number of hydrogen-bond acceptors (Lipinski definition) is 3. The summed E-state index contributed by atoms with van der Waals surface area (Å²) in [5, 5.41) is 13.5. The number of aliphatic hydroxyl groups is 1. The number of hydrogen-bond donors (Lipinski definition) is 1. The normalized spacial score (nSPS) is 17.8. The van der Waals surface area contributed by atoms with Crippen LogP contribution in [-0.4, -0.2) is 44.9 Å². The second-order valence-electron chi connectivity index (χ2n) is 4.32. The number of piperidine rings is 1. The van der Waals surface area contributed by atoms with Gasteiger partial charge in [0, 0.05) is 20.1 Å². The molecule has 0 unspecified atom stereocenters. The van der Waals surface area contributed by atoms with Crippen molar-refractivity contribution in [2.75, 3.05) is 13.1 Å². The Morgan fingerprint density at radius 2 is 2.12 bits per heavy atom. The average molecular weight is 223 g/mol. The smallest absolute Gasteiger partial charge is 0.272 e. The molecule has 2 heterocycles. The van der Waals surface area contributed by atoms with E-state index in [1.54, 1.807) is 22.7 Å². The maximum absolute atomic E-state index is 12.1. The van der Waals surface area contributed by atoms with Gasteiger partial charge < -0.3 is 10.0 Å². The van der Waals surface area contributed by atoms with Crippen molar-refractivity contribution in [3.05, 3.63) is 17.5 Å². The van der Waals surface area contributed by atoms with E-state index in [0.717, 1.165) is 5.69 Å². The molecule has 1 fully saturated rings. The van der Waals surface area contributed by atoms with Crippen molar-refractivity contribution in [3.63, 3.8) is 0 Å². The van der Waals surface area contributed by atoms with Gasteiger partial charge in [-0.2, -0.15) is 5.10 Å². The minimum absolute atomic E-state index is 0.00926. The van der Waals surface area contributed by atoms with Gasteiger partial charge in [-0.3, -0.25) is 9.48 Å². The Hall–Kier alpha value is -1.36. The van der Waals surface area contributed by atoms with Crippen LogP contribution >= 0.6 is 0 Å². The third kappa shape index (κ3) is 2.09. The summed E-state index contributed by atoms with van der Waals surface area (Å²) in [5.41, 5.74) is 1.47. The van der Waals surface area contributed by atoms with Crippen LogP contribution in [0.25, 0.3) is 0 Å². The molecule has 0 saturated carbocycles. The number of aliphatic hydroxyl groups excluding tert-OH is 1. The lowest BCUT2D eigenvalue weighted by atomic mass is 10.1. The lowest BCUT2D eigenvalue weighted by Crippen LogP contribution is -2.40. The molecule has 0 atom stereocenters. The number of likely N-dealkylation sites (tertiary alicyclic amines) is 1. The van der Waals surface area contributed by atoms with Crippen molar-refractivity contribution < 1.29 is 9.90 Å². The summed E-state index contributed by atoms with van der Waals surface area (Å²) >= 11 is 0. The van der Waals surface area contributed by atoms with Crippen LogP contribution in [0.3, 0.4) is 0 Å². The van der Waals surface area contributed by atoms with Crippen LogP contribution < -0.4 is 0 Å². The van der Waals surface area contributed by atoms with Crippen molar-refractivity contribution in [1.82, 2.24) is 14.7 Å². The summed E-state index contributed by atoms with van der Waals surface area (Å²) in [6, 6.07) is 1.80. The first kappa shape index (κ1) is 11.1. The number of amides is 1. The molecule has 0 radical (unpaired) electrons. The molecule has 1 N–H and O–H groups in total. The number of aryl methyl sites for hydroxylation is 2. The Bertz CT molecular complexity index is 392. The molecule has 1 aliphatic rings. The zero-order valence-electron chi connectivity index (χ0n) is 9.68. The lowest BCUT2D eigenvalue weighted by molar-refractivity contribution is 0.0537. The van der Waals surface area contributed by atoms with Gasteiger partial charge in [0.05, 0.1) is 11.8 Å². The minimum atomic E-state index is -0.252. The van der Waals surface area contributed by atoms with Crippen LogP contribution in [0.5, 0.6) is 0 Å². The monoisotopic (exact) mass is 223 g/mol. The summed E-state index contributed by atoms with van der Waals surface area (Å²) in [6.45, 7) is 3.13. The molecule has 5 heteroatoms. The van der Waals surface area contributed by atoms with Crippen LogP contribution in [-0.2, 0) is 7.05 Å². The first-order valence-corrected chi connectivity index (χ1v) is 5.56. The Kier molecular flexibility index (Phi) is 2.96. The maximum atomic E-state index is 12.1. The van der Waals surface area contributed by atoms with Crippen molar-refractivity contribution in [2.24, 2.45) is 7.05 Å². The molecule has 16 heavy (non-hydrogen) atoms. The topological polar surface area (TPSA) is 58.4 Å². The van der Waals surface area contributed by atoms with E-state index in [4.69, 9.17) is 0 Å². The highest BCUT2D eigenvalue weighted by Crippen LogP contribution is 2.14. The highest BCUT2D eigenvalue weighted by molar-refractivity contribution is 5.92. The standard InChI is InChI=1S/C11H17N3O2/c1-8-7-10(13(2)12-8)11(16)14-5-3-9(15)4-6-14/h7,9,15H,3-6H2,1-2H3. The summed E-state index contributed by atoms with van der Waals surface area (Å²) in [5.74, 6) is 0.00926. The molecule has 1 aromatic heterocycles. The second kappa shape index (κ2) is 4.25. The maximum Gasteiger partial charge on any atom is 0.272 e. The average Bonchev–Trinajstić information content (AvgIpc) is 2.58. The highest BCUT2D eigenvalue weighted by Gasteiger charge is 2.24. The van der Waals surface area contributed by atoms with Gasteiger partial charge in [0.1, 0.15) is 5.69 Å². The SMILES string of the molecule is Cc1cc(C(=O)N2CCC(O)CC2)n(C)n1. The molecule has 2 rings (SSSR count). The second-order valence-corrected chi connectivity index (χ2v) is 4.32. The minimum Gasteiger partial charge on any atom is -0.393 e. The first-order valence-electron chi connectivity index (χ1n) is 5.56. The van der Waals surface area contributed by atoms with E-state index in [0.29, 0.717) is 31.6 Å². The van der Waals surface area contributed by atoms with Gasteiger partial charge in [0.15, 0.2) is 0 Å². The fraction of sp³-hybridized carbons (Fsp3) is 0.636. The van der Waals surface area contributed by atoms with Crippen LogP contribution in [0.1, 0.15) is 29.0 Å². The molecule has 0 bridgehead atoms. The van der Waals surface area contributed by atoms with E-state index < -0.39 is 0 Å². The molecule has 1 aliphatic heterocycles. The van der Waals surface area contributed by atoms with Crippen LogP contribution in [0, 0.1) is 6.92 Å². The third-order valence-electron chi connectivity index (χ3n) is 2.97. The summed E-state index contributed by atoms with van der Waals surface area (Å²) in [6.07, 6.45) is 1.09. The molecule has 0 spiro atoms. The zero-order valence-corrected chi connectivity index (χ0v) is 9.68. The summed E-state index contributed by atoms with van der Waals surface area (Å²) in [7, 11) is 1.78. The molecule has 0 aliphatic carbocycles. The fourth-order valence-corrected chi connectivity index (χ4v) is 2.04. The molecule has 88 valence electrons. The molecule has 1 saturated heterocycles. The molecule has 1 aromatic rings. The van der Waals surface area contributed by atoms with Crippen molar-refractivity contribution in [1.29, 1.82) is 0 Å².